The Balaban J connectivity index is 1.80. The van der Waals surface area contributed by atoms with Crippen LogP contribution in [-0.4, -0.2) is 23.6 Å². The lowest BCUT2D eigenvalue weighted by molar-refractivity contribution is -0.122. The van der Waals surface area contributed by atoms with Crippen molar-refractivity contribution in [1.29, 1.82) is 0 Å². The van der Waals surface area contributed by atoms with E-state index in [-0.39, 0.29) is 5.91 Å². The predicted octanol–water partition coefficient (Wildman–Crippen LogP) is 5.35. The van der Waals surface area contributed by atoms with Gasteiger partial charge in [-0.3, -0.25) is 9.78 Å². The minimum Gasteiger partial charge on any atom is -0.492 e. The molecule has 0 saturated heterocycles. The molecule has 5 nitrogen and oxygen atoms in total. The molecule has 0 radical (unpaired) electrons. The van der Waals surface area contributed by atoms with Crippen LogP contribution in [0.25, 0.3) is 10.9 Å². The van der Waals surface area contributed by atoms with E-state index in [1.807, 2.05) is 13.0 Å². The number of nitrogens with zero attached hydrogens (tertiary/aromatic N) is 1. The number of pyridine rings is 1. The van der Waals surface area contributed by atoms with Crippen LogP contribution in [0.3, 0.4) is 0 Å². The third kappa shape index (κ3) is 4.43. The maximum atomic E-state index is 12.6. The van der Waals surface area contributed by atoms with Crippen molar-refractivity contribution in [3.63, 3.8) is 0 Å². The molecule has 140 valence electrons. The lowest BCUT2D eigenvalue weighted by Gasteiger charge is -2.17. The number of halogens is 2. The van der Waals surface area contributed by atoms with Gasteiger partial charge in [0.25, 0.3) is 5.91 Å². The standard InChI is InChI=1S/C20H18Cl2N2O3/c1-3-26-18-9-7-16(14-5-4-10-23-19(14)18)24-20(25)12(2)27-17-8-6-13(21)11-15(17)22/h4-12H,3H2,1-2H3,(H,24,25). The molecule has 0 spiro atoms. The Bertz CT molecular complexity index is 979. The molecule has 0 saturated carbocycles. The van der Waals surface area contributed by atoms with Gasteiger partial charge < -0.3 is 14.8 Å². The van der Waals surface area contributed by atoms with Crippen molar-refractivity contribution in [3.05, 3.63) is 58.7 Å². The van der Waals surface area contributed by atoms with Crippen molar-refractivity contribution in [2.75, 3.05) is 11.9 Å². The van der Waals surface area contributed by atoms with Crippen LogP contribution in [-0.2, 0) is 4.79 Å². The molecule has 1 aromatic heterocycles. The molecule has 1 amide bonds. The first-order chi connectivity index (χ1) is 13.0. The van der Waals surface area contributed by atoms with Gasteiger partial charge in [0.05, 0.1) is 17.3 Å². The van der Waals surface area contributed by atoms with Gasteiger partial charge in [-0.1, -0.05) is 23.2 Å². The monoisotopic (exact) mass is 404 g/mol. The van der Waals surface area contributed by atoms with E-state index >= 15 is 0 Å². The smallest absolute Gasteiger partial charge is 0.265 e. The number of fused-ring (bicyclic) bond motifs is 1. The number of nitrogens with one attached hydrogen (secondary N) is 1. The number of amides is 1. The van der Waals surface area contributed by atoms with Crippen molar-refractivity contribution < 1.29 is 14.3 Å². The summed E-state index contributed by atoms with van der Waals surface area (Å²) in [6, 6.07) is 12.1. The molecule has 1 heterocycles. The summed E-state index contributed by atoms with van der Waals surface area (Å²) in [5, 5.41) is 4.51. The Morgan fingerprint density at radius 2 is 1.96 bits per heavy atom. The fourth-order valence-corrected chi connectivity index (χ4v) is 3.03. The largest absolute Gasteiger partial charge is 0.492 e. The fraction of sp³-hybridized carbons (Fsp3) is 0.200. The molecule has 1 N–H and O–H groups in total. The van der Waals surface area contributed by atoms with Gasteiger partial charge in [0.1, 0.15) is 17.0 Å². The molecule has 0 bridgehead atoms. The summed E-state index contributed by atoms with van der Waals surface area (Å²) in [4.78, 5) is 17.0. The fourth-order valence-electron chi connectivity index (χ4n) is 2.58. The van der Waals surface area contributed by atoms with E-state index in [0.717, 1.165) is 5.39 Å². The van der Waals surface area contributed by atoms with Gasteiger partial charge in [-0.25, -0.2) is 0 Å². The summed E-state index contributed by atoms with van der Waals surface area (Å²) in [5.41, 5.74) is 1.32. The average molecular weight is 405 g/mol. The minimum absolute atomic E-state index is 0.310. The van der Waals surface area contributed by atoms with Crippen molar-refractivity contribution >= 4 is 45.7 Å². The zero-order chi connectivity index (χ0) is 19.4. The molecule has 7 heteroatoms. The van der Waals surface area contributed by atoms with Gasteiger partial charge in [0.15, 0.2) is 6.10 Å². The van der Waals surface area contributed by atoms with Crippen molar-refractivity contribution in [2.24, 2.45) is 0 Å². The molecular formula is C20H18Cl2N2O3. The molecule has 3 rings (SSSR count). The van der Waals surface area contributed by atoms with Crippen LogP contribution in [0.5, 0.6) is 11.5 Å². The van der Waals surface area contributed by atoms with Gasteiger partial charge in [-0.15, -0.1) is 0 Å². The third-order valence-electron chi connectivity index (χ3n) is 3.86. The van der Waals surface area contributed by atoms with Crippen molar-refractivity contribution in [1.82, 2.24) is 4.98 Å². The Morgan fingerprint density at radius 1 is 1.19 bits per heavy atom. The Morgan fingerprint density at radius 3 is 2.70 bits per heavy atom. The molecule has 27 heavy (non-hydrogen) atoms. The average Bonchev–Trinajstić information content (AvgIpc) is 2.66. The zero-order valence-electron chi connectivity index (χ0n) is 14.8. The summed E-state index contributed by atoms with van der Waals surface area (Å²) >= 11 is 12.0. The molecule has 2 aromatic carbocycles. The topological polar surface area (TPSA) is 60.5 Å². The van der Waals surface area contributed by atoms with E-state index < -0.39 is 6.10 Å². The molecule has 0 fully saturated rings. The minimum atomic E-state index is -0.762. The summed E-state index contributed by atoms with van der Waals surface area (Å²) in [6.07, 6.45) is 0.923. The first-order valence-corrected chi connectivity index (χ1v) is 9.18. The molecule has 0 aliphatic carbocycles. The first kappa shape index (κ1) is 19.3. The second kappa shape index (κ2) is 8.46. The van der Waals surface area contributed by atoms with E-state index in [1.165, 1.54) is 0 Å². The molecule has 3 aromatic rings. The Labute approximate surface area is 167 Å². The number of rotatable bonds is 6. The van der Waals surface area contributed by atoms with E-state index in [0.29, 0.717) is 39.4 Å². The van der Waals surface area contributed by atoms with Gasteiger partial charge in [-0.2, -0.15) is 0 Å². The number of anilines is 1. The van der Waals surface area contributed by atoms with Crippen LogP contribution < -0.4 is 14.8 Å². The number of aromatic nitrogens is 1. The summed E-state index contributed by atoms with van der Waals surface area (Å²) < 4.78 is 11.3. The van der Waals surface area contributed by atoms with Gasteiger partial charge in [0, 0.05) is 16.6 Å². The Hall–Kier alpha value is -2.50. The summed E-state index contributed by atoms with van der Waals surface area (Å²) in [6.45, 7) is 4.09. The predicted molar refractivity (Wildman–Crippen MR) is 108 cm³/mol. The molecule has 1 unspecified atom stereocenters. The van der Waals surface area contributed by atoms with E-state index in [4.69, 9.17) is 32.7 Å². The lowest BCUT2D eigenvalue weighted by Crippen LogP contribution is -2.30. The van der Waals surface area contributed by atoms with Gasteiger partial charge in [0.2, 0.25) is 0 Å². The normalized spacial score (nSPS) is 11.9. The van der Waals surface area contributed by atoms with E-state index in [1.54, 1.807) is 49.5 Å². The summed E-state index contributed by atoms with van der Waals surface area (Å²) in [5.74, 6) is 0.751. The highest BCUT2D eigenvalue weighted by atomic mass is 35.5. The number of hydrogen-bond acceptors (Lipinski definition) is 4. The number of hydrogen-bond donors (Lipinski definition) is 1. The number of ether oxygens (including phenoxy) is 2. The maximum Gasteiger partial charge on any atom is 0.265 e. The van der Waals surface area contributed by atoms with Crippen molar-refractivity contribution in [3.8, 4) is 11.5 Å². The lowest BCUT2D eigenvalue weighted by atomic mass is 10.1. The quantitative estimate of drug-likeness (QED) is 0.601. The van der Waals surface area contributed by atoms with Crippen LogP contribution in [0.2, 0.25) is 10.0 Å². The number of carbonyl (C=O) groups excluding carboxylic acids is 1. The third-order valence-corrected chi connectivity index (χ3v) is 4.39. The number of carbonyl (C=O) groups is 1. The van der Waals surface area contributed by atoms with Crippen molar-refractivity contribution in [2.45, 2.75) is 20.0 Å². The maximum absolute atomic E-state index is 12.6. The first-order valence-electron chi connectivity index (χ1n) is 8.42. The van der Waals surface area contributed by atoms with Gasteiger partial charge in [-0.05, 0) is 56.3 Å². The molecule has 0 aliphatic heterocycles. The number of benzene rings is 2. The van der Waals surface area contributed by atoms with E-state index in [9.17, 15) is 4.79 Å². The highest BCUT2D eigenvalue weighted by Gasteiger charge is 2.18. The molecule has 1 atom stereocenters. The second-order valence-corrected chi connectivity index (χ2v) is 6.61. The van der Waals surface area contributed by atoms with Gasteiger partial charge >= 0.3 is 0 Å². The highest BCUT2D eigenvalue weighted by Crippen LogP contribution is 2.31. The van der Waals surface area contributed by atoms with Crippen LogP contribution in [0.1, 0.15) is 13.8 Å². The summed E-state index contributed by atoms with van der Waals surface area (Å²) in [7, 11) is 0. The van der Waals surface area contributed by atoms with E-state index in [2.05, 4.69) is 10.3 Å². The zero-order valence-corrected chi connectivity index (χ0v) is 16.3. The second-order valence-electron chi connectivity index (χ2n) is 5.77. The Kier molecular flexibility index (Phi) is 6.04. The van der Waals surface area contributed by atoms with Crippen LogP contribution in [0.15, 0.2) is 48.7 Å². The molecule has 0 aliphatic rings. The van der Waals surface area contributed by atoms with Crippen LogP contribution in [0.4, 0.5) is 5.69 Å². The van der Waals surface area contributed by atoms with Crippen LogP contribution in [0, 0.1) is 0 Å². The SMILES string of the molecule is CCOc1ccc(NC(=O)C(C)Oc2ccc(Cl)cc2Cl)c2cccnc12. The highest BCUT2D eigenvalue weighted by molar-refractivity contribution is 6.35. The molecular weight excluding hydrogens is 387 g/mol. The van der Waals surface area contributed by atoms with Crippen LogP contribution >= 0.6 is 23.2 Å².